The van der Waals surface area contributed by atoms with E-state index in [-0.39, 0.29) is 24.2 Å². The maximum Gasteiger partial charge on any atom is 0.167 e. The summed E-state index contributed by atoms with van der Waals surface area (Å²) < 4.78 is 18.2. The Labute approximate surface area is 95.2 Å². The second kappa shape index (κ2) is 6.33. The molecule has 0 heterocycles. The molecule has 0 spiro atoms. The van der Waals surface area contributed by atoms with Gasteiger partial charge < -0.3 is 15.2 Å². The van der Waals surface area contributed by atoms with E-state index in [9.17, 15) is 4.39 Å². The highest BCUT2D eigenvalue weighted by Crippen LogP contribution is 2.21. The zero-order chi connectivity index (χ0) is 12.0. The summed E-state index contributed by atoms with van der Waals surface area (Å²) in [6.07, 6.45) is 1.59. The summed E-state index contributed by atoms with van der Waals surface area (Å²) in [5, 5.41) is 11.9. The van der Waals surface area contributed by atoms with Crippen molar-refractivity contribution >= 4 is 5.69 Å². The fraction of sp³-hybridized carbons (Fsp3) is 0.500. The summed E-state index contributed by atoms with van der Waals surface area (Å²) in [5.41, 5.74) is 0.726. The van der Waals surface area contributed by atoms with Crippen molar-refractivity contribution in [1.29, 1.82) is 0 Å². The van der Waals surface area contributed by atoms with Gasteiger partial charge in [-0.15, -0.1) is 0 Å². The van der Waals surface area contributed by atoms with Crippen LogP contribution in [0, 0.1) is 5.82 Å². The number of aliphatic hydroxyl groups is 1. The van der Waals surface area contributed by atoms with Crippen molar-refractivity contribution in [2.24, 2.45) is 0 Å². The van der Waals surface area contributed by atoms with E-state index in [4.69, 9.17) is 9.84 Å². The quantitative estimate of drug-likeness (QED) is 0.784. The first-order valence-electron chi connectivity index (χ1n) is 5.38. The molecule has 0 saturated heterocycles. The van der Waals surface area contributed by atoms with Gasteiger partial charge in [-0.1, -0.05) is 0 Å². The summed E-state index contributed by atoms with van der Waals surface area (Å²) >= 11 is 0. The number of hydrogen-bond donors (Lipinski definition) is 2. The highest BCUT2D eigenvalue weighted by molar-refractivity contribution is 5.47. The van der Waals surface area contributed by atoms with Gasteiger partial charge in [0.1, 0.15) is 0 Å². The molecule has 0 saturated carbocycles. The molecule has 2 N–H and O–H groups in total. The molecule has 1 aromatic rings. The molecule has 1 aromatic carbocycles. The Bertz CT molecular complexity index is 331. The minimum Gasteiger partial charge on any atom is -0.494 e. The van der Waals surface area contributed by atoms with Crippen molar-refractivity contribution in [2.45, 2.75) is 25.8 Å². The monoisotopic (exact) mass is 227 g/mol. The number of rotatable bonds is 6. The lowest BCUT2D eigenvalue weighted by Crippen LogP contribution is -2.15. The summed E-state index contributed by atoms with van der Waals surface area (Å²) in [5.74, 6) is -0.129. The second-order valence-electron chi connectivity index (χ2n) is 3.76. The second-order valence-corrected chi connectivity index (χ2v) is 3.76. The number of ether oxygens (including phenoxy) is 1. The zero-order valence-electron chi connectivity index (χ0n) is 9.66. The average molecular weight is 227 g/mol. The lowest BCUT2D eigenvalue weighted by atomic mass is 10.1. The topological polar surface area (TPSA) is 41.5 Å². The van der Waals surface area contributed by atoms with Gasteiger partial charge in [0.25, 0.3) is 0 Å². The van der Waals surface area contributed by atoms with Crippen molar-refractivity contribution in [2.75, 3.05) is 19.0 Å². The molecule has 1 unspecified atom stereocenters. The Morgan fingerprint density at radius 2 is 2.25 bits per heavy atom. The van der Waals surface area contributed by atoms with Gasteiger partial charge in [-0.05, 0) is 31.9 Å². The summed E-state index contributed by atoms with van der Waals surface area (Å²) in [6.45, 7) is 2.18. The Balaban J connectivity index is 2.57. The molecule has 0 aliphatic heterocycles. The molecule has 90 valence electrons. The van der Waals surface area contributed by atoms with Crippen molar-refractivity contribution in [3.05, 3.63) is 24.0 Å². The lowest BCUT2D eigenvalue weighted by molar-refractivity contribution is 0.282. The summed E-state index contributed by atoms with van der Waals surface area (Å²) in [7, 11) is 1.44. The fourth-order valence-corrected chi connectivity index (χ4v) is 1.51. The predicted octanol–water partition coefficient (Wildman–Crippen LogP) is 2.41. The van der Waals surface area contributed by atoms with Gasteiger partial charge in [0.2, 0.25) is 0 Å². The first kappa shape index (κ1) is 12.8. The van der Waals surface area contributed by atoms with Crippen molar-refractivity contribution in [1.82, 2.24) is 0 Å². The standard InChI is InChI=1S/C12H18FNO2/c1-9(4-3-7-15)14-10-5-6-12(16-2)11(13)8-10/h5-6,8-9,14-15H,3-4,7H2,1-2H3. The van der Waals surface area contributed by atoms with Crippen LogP contribution < -0.4 is 10.1 Å². The Kier molecular flexibility index (Phi) is 5.05. The maximum atomic E-state index is 13.3. The number of methoxy groups -OCH3 is 1. The number of halogens is 1. The van der Waals surface area contributed by atoms with Crippen LogP contribution in [0.3, 0.4) is 0 Å². The van der Waals surface area contributed by atoms with E-state index in [0.717, 1.165) is 18.5 Å². The number of aliphatic hydroxyl groups excluding tert-OH is 1. The SMILES string of the molecule is COc1ccc(NC(C)CCCO)cc1F. The zero-order valence-corrected chi connectivity index (χ0v) is 9.66. The number of benzene rings is 1. The molecule has 0 aromatic heterocycles. The molecule has 0 aliphatic rings. The molecule has 0 bridgehead atoms. The third-order valence-corrected chi connectivity index (χ3v) is 2.36. The molecule has 1 atom stereocenters. The van der Waals surface area contributed by atoms with E-state index in [2.05, 4.69) is 5.32 Å². The van der Waals surface area contributed by atoms with Gasteiger partial charge in [-0.3, -0.25) is 0 Å². The van der Waals surface area contributed by atoms with Gasteiger partial charge in [0, 0.05) is 24.4 Å². The molecule has 0 fully saturated rings. The summed E-state index contributed by atoms with van der Waals surface area (Å²) in [4.78, 5) is 0. The van der Waals surface area contributed by atoms with Crippen LogP contribution in [0.5, 0.6) is 5.75 Å². The van der Waals surface area contributed by atoms with Crippen LogP contribution in [-0.4, -0.2) is 24.9 Å². The van der Waals surface area contributed by atoms with Crippen molar-refractivity contribution in [3.63, 3.8) is 0 Å². The van der Waals surface area contributed by atoms with Crippen LogP contribution in [0.15, 0.2) is 18.2 Å². The first-order valence-corrected chi connectivity index (χ1v) is 5.38. The van der Waals surface area contributed by atoms with Gasteiger partial charge in [-0.25, -0.2) is 4.39 Å². The van der Waals surface area contributed by atoms with E-state index < -0.39 is 0 Å². The van der Waals surface area contributed by atoms with Crippen LogP contribution >= 0.6 is 0 Å². The minimum atomic E-state index is -0.373. The van der Waals surface area contributed by atoms with E-state index in [1.54, 1.807) is 12.1 Å². The van der Waals surface area contributed by atoms with E-state index in [1.807, 2.05) is 6.92 Å². The van der Waals surface area contributed by atoms with E-state index in [1.165, 1.54) is 13.2 Å². The molecular weight excluding hydrogens is 209 g/mol. The first-order chi connectivity index (χ1) is 7.67. The predicted molar refractivity (Wildman–Crippen MR) is 62.4 cm³/mol. The molecule has 16 heavy (non-hydrogen) atoms. The fourth-order valence-electron chi connectivity index (χ4n) is 1.51. The molecule has 0 amide bonds. The Morgan fingerprint density at radius 1 is 1.50 bits per heavy atom. The molecule has 3 nitrogen and oxygen atoms in total. The van der Waals surface area contributed by atoms with Crippen LogP contribution in [0.1, 0.15) is 19.8 Å². The maximum absolute atomic E-state index is 13.3. The lowest BCUT2D eigenvalue weighted by Gasteiger charge is -2.15. The number of hydrogen-bond acceptors (Lipinski definition) is 3. The molecule has 4 heteroatoms. The van der Waals surface area contributed by atoms with Crippen molar-refractivity contribution in [3.8, 4) is 5.75 Å². The van der Waals surface area contributed by atoms with Crippen LogP contribution in [-0.2, 0) is 0 Å². The third kappa shape index (κ3) is 3.70. The average Bonchev–Trinajstić information content (AvgIpc) is 2.26. The van der Waals surface area contributed by atoms with Crippen LogP contribution in [0.25, 0.3) is 0 Å². The molecule has 0 radical (unpaired) electrons. The van der Waals surface area contributed by atoms with Crippen LogP contribution in [0.2, 0.25) is 0 Å². The highest BCUT2D eigenvalue weighted by Gasteiger charge is 2.05. The third-order valence-electron chi connectivity index (χ3n) is 2.36. The van der Waals surface area contributed by atoms with Gasteiger partial charge in [0.15, 0.2) is 11.6 Å². The van der Waals surface area contributed by atoms with Gasteiger partial charge >= 0.3 is 0 Å². The minimum absolute atomic E-state index is 0.184. The number of anilines is 1. The summed E-state index contributed by atoms with van der Waals surface area (Å²) in [6, 6.07) is 4.99. The van der Waals surface area contributed by atoms with Gasteiger partial charge in [0.05, 0.1) is 7.11 Å². The van der Waals surface area contributed by atoms with Gasteiger partial charge in [-0.2, -0.15) is 0 Å². The van der Waals surface area contributed by atoms with Crippen LogP contribution in [0.4, 0.5) is 10.1 Å². The smallest absolute Gasteiger partial charge is 0.167 e. The molecular formula is C12H18FNO2. The molecule has 0 aliphatic carbocycles. The normalized spacial score (nSPS) is 12.2. The highest BCUT2D eigenvalue weighted by atomic mass is 19.1. The largest absolute Gasteiger partial charge is 0.494 e. The van der Waals surface area contributed by atoms with E-state index >= 15 is 0 Å². The number of nitrogens with one attached hydrogen (secondary N) is 1. The van der Waals surface area contributed by atoms with E-state index in [0.29, 0.717) is 0 Å². The van der Waals surface area contributed by atoms with Crippen molar-refractivity contribution < 1.29 is 14.2 Å². The Morgan fingerprint density at radius 3 is 2.81 bits per heavy atom. The molecule has 1 rings (SSSR count). The Hall–Kier alpha value is -1.29.